The van der Waals surface area contributed by atoms with E-state index in [1.807, 2.05) is 0 Å². The second-order valence-electron chi connectivity index (χ2n) is 6.10. The lowest BCUT2D eigenvalue weighted by molar-refractivity contribution is 0.226. The Balaban J connectivity index is 2.08. The lowest BCUT2D eigenvalue weighted by Crippen LogP contribution is -2.39. The van der Waals surface area contributed by atoms with Crippen molar-refractivity contribution < 1.29 is 13.5 Å². The molecule has 4 nitrogen and oxygen atoms in total. The first kappa shape index (κ1) is 16.5. The Bertz CT molecular complexity index is 543. The van der Waals surface area contributed by atoms with Gasteiger partial charge in [0.2, 0.25) is 10.0 Å². The summed E-state index contributed by atoms with van der Waals surface area (Å²) in [7, 11) is -3.37. The summed E-state index contributed by atoms with van der Waals surface area (Å²) in [6.07, 6.45) is 2.44. The summed E-state index contributed by atoms with van der Waals surface area (Å²) >= 11 is 0. The minimum Gasteiger partial charge on any atom is -0.396 e. The van der Waals surface area contributed by atoms with E-state index >= 15 is 0 Å². The van der Waals surface area contributed by atoms with E-state index in [1.165, 1.54) is 0 Å². The molecule has 0 radical (unpaired) electrons. The van der Waals surface area contributed by atoms with E-state index in [4.69, 9.17) is 5.11 Å². The van der Waals surface area contributed by atoms with Crippen molar-refractivity contribution in [1.82, 2.24) is 4.31 Å². The predicted octanol–water partition coefficient (Wildman–Crippen LogP) is 2.28. The molecule has 1 saturated heterocycles. The molecule has 0 bridgehead atoms. The zero-order valence-corrected chi connectivity index (χ0v) is 13.6. The minimum atomic E-state index is -3.37. The molecule has 1 aromatic carbocycles. The highest BCUT2D eigenvalue weighted by Gasteiger charge is 2.30. The van der Waals surface area contributed by atoms with Gasteiger partial charge >= 0.3 is 0 Å². The largest absolute Gasteiger partial charge is 0.396 e. The molecule has 1 aromatic rings. The van der Waals surface area contributed by atoms with Crippen molar-refractivity contribution in [2.75, 3.05) is 19.7 Å². The Kier molecular flexibility index (Phi) is 5.41. The molecule has 1 heterocycles. The van der Waals surface area contributed by atoms with Gasteiger partial charge in [-0.1, -0.05) is 26.0 Å². The maximum Gasteiger partial charge on any atom is 0.243 e. The zero-order chi connectivity index (χ0) is 15.5. The van der Waals surface area contributed by atoms with Crippen LogP contribution in [-0.4, -0.2) is 37.5 Å². The number of nitrogens with zero attached hydrogens (tertiary/aromatic N) is 1. The molecular formula is C16H25NO3S. The van der Waals surface area contributed by atoms with Gasteiger partial charge < -0.3 is 5.11 Å². The van der Waals surface area contributed by atoms with Crippen LogP contribution in [0.3, 0.4) is 0 Å². The third kappa shape index (κ3) is 3.84. The molecule has 0 aromatic heterocycles. The molecule has 21 heavy (non-hydrogen) atoms. The van der Waals surface area contributed by atoms with Gasteiger partial charge in [0, 0.05) is 19.7 Å². The number of hydrogen-bond donors (Lipinski definition) is 1. The van der Waals surface area contributed by atoms with Crippen LogP contribution in [0.2, 0.25) is 0 Å². The molecule has 2 rings (SSSR count). The minimum absolute atomic E-state index is 0.0782. The summed E-state index contributed by atoms with van der Waals surface area (Å²) in [6.45, 7) is 5.71. The number of piperidine rings is 1. The molecule has 118 valence electrons. The van der Waals surface area contributed by atoms with E-state index in [-0.39, 0.29) is 6.61 Å². The van der Waals surface area contributed by atoms with Gasteiger partial charge in [0.25, 0.3) is 0 Å². The van der Waals surface area contributed by atoms with Crippen LogP contribution in [-0.2, 0) is 16.4 Å². The molecule has 1 N–H and O–H groups in total. The third-order valence-electron chi connectivity index (χ3n) is 4.40. The normalized spacial score (nSPS) is 18.3. The second-order valence-corrected chi connectivity index (χ2v) is 8.04. The monoisotopic (exact) mass is 311 g/mol. The average Bonchev–Trinajstić information content (AvgIpc) is 2.48. The van der Waals surface area contributed by atoms with E-state index in [2.05, 4.69) is 13.8 Å². The van der Waals surface area contributed by atoms with E-state index < -0.39 is 10.0 Å². The molecule has 0 aliphatic carbocycles. The number of sulfonamides is 1. The van der Waals surface area contributed by atoms with Gasteiger partial charge in [0.05, 0.1) is 4.90 Å². The highest BCUT2D eigenvalue weighted by molar-refractivity contribution is 7.89. The SMILES string of the molecule is CC(C)C1CCN(S(=O)(=O)c2ccc(CCO)cc2)CC1. The summed E-state index contributed by atoms with van der Waals surface area (Å²) in [5.74, 6) is 1.25. The molecule has 0 spiro atoms. The zero-order valence-electron chi connectivity index (χ0n) is 12.8. The topological polar surface area (TPSA) is 57.6 Å². The Morgan fingerprint density at radius 1 is 1.19 bits per heavy atom. The van der Waals surface area contributed by atoms with Crippen molar-refractivity contribution in [3.63, 3.8) is 0 Å². The van der Waals surface area contributed by atoms with Crippen LogP contribution in [0.25, 0.3) is 0 Å². The first-order chi connectivity index (χ1) is 9.95. The fourth-order valence-electron chi connectivity index (χ4n) is 2.89. The van der Waals surface area contributed by atoms with Gasteiger partial charge in [0.15, 0.2) is 0 Å². The maximum atomic E-state index is 12.6. The van der Waals surface area contributed by atoms with Crippen molar-refractivity contribution in [2.45, 2.75) is 38.0 Å². The number of rotatable bonds is 5. The molecule has 0 amide bonds. The van der Waals surface area contributed by atoms with Crippen molar-refractivity contribution >= 4 is 10.0 Å². The van der Waals surface area contributed by atoms with Crippen molar-refractivity contribution in [3.8, 4) is 0 Å². The summed E-state index contributed by atoms with van der Waals surface area (Å²) in [4.78, 5) is 0.354. The lowest BCUT2D eigenvalue weighted by Gasteiger charge is -2.33. The van der Waals surface area contributed by atoms with Crippen LogP contribution < -0.4 is 0 Å². The number of aliphatic hydroxyl groups excluding tert-OH is 1. The van der Waals surface area contributed by atoms with Crippen LogP contribution >= 0.6 is 0 Å². The molecule has 1 fully saturated rings. The Morgan fingerprint density at radius 2 is 1.76 bits per heavy atom. The smallest absolute Gasteiger partial charge is 0.243 e. The van der Waals surface area contributed by atoms with Gasteiger partial charge in [-0.05, 0) is 48.8 Å². The van der Waals surface area contributed by atoms with Gasteiger partial charge in [-0.15, -0.1) is 0 Å². The fourth-order valence-corrected chi connectivity index (χ4v) is 4.36. The average molecular weight is 311 g/mol. The van der Waals surface area contributed by atoms with Gasteiger partial charge in [-0.2, -0.15) is 4.31 Å². The van der Waals surface area contributed by atoms with Crippen molar-refractivity contribution in [2.24, 2.45) is 11.8 Å². The van der Waals surface area contributed by atoms with E-state index in [0.29, 0.717) is 36.2 Å². The van der Waals surface area contributed by atoms with Gasteiger partial charge in [-0.3, -0.25) is 0 Å². The Morgan fingerprint density at radius 3 is 2.24 bits per heavy atom. The standard InChI is InChI=1S/C16H25NO3S/c1-13(2)15-7-10-17(11-8-15)21(19,20)16-5-3-14(4-6-16)9-12-18/h3-6,13,15,18H,7-12H2,1-2H3. The van der Waals surface area contributed by atoms with Crippen LogP contribution in [0.5, 0.6) is 0 Å². The highest BCUT2D eigenvalue weighted by atomic mass is 32.2. The molecule has 5 heteroatoms. The third-order valence-corrected chi connectivity index (χ3v) is 6.32. The van der Waals surface area contributed by atoms with Crippen LogP contribution in [0, 0.1) is 11.8 Å². The van der Waals surface area contributed by atoms with Crippen LogP contribution in [0.15, 0.2) is 29.2 Å². The Hall–Kier alpha value is -0.910. The van der Waals surface area contributed by atoms with E-state index in [9.17, 15) is 8.42 Å². The first-order valence-corrected chi connectivity index (χ1v) is 9.09. The number of benzene rings is 1. The molecular weight excluding hydrogens is 286 g/mol. The van der Waals surface area contributed by atoms with E-state index in [0.717, 1.165) is 18.4 Å². The summed E-state index contributed by atoms with van der Waals surface area (Å²) in [5, 5.41) is 8.90. The molecule has 0 atom stereocenters. The van der Waals surface area contributed by atoms with Crippen molar-refractivity contribution in [3.05, 3.63) is 29.8 Å². The van der Waals surface area contributed by atoms with Gasteiger partial charge in [-0.25, -0.2) is 8.42 Å². The summed E-state index contributed by atoms with van der Waals surface area (Å²) in [6, 6.07) is 6.86. The first-order valence-electron chi connectivity index (χ1n) is 7.65. The number of hydrogen-bond acceptors (Lipinski definition) is 3. The van der Waals surface area contributed by atoms with E-state index in [1.54, 1.807) is 28.6 Å². The quantitative estimate of drug-likeness (QED) is 0.907. The second kappa shape index (κ2) is 6.90. The molecule has 1 aliphatic rings. The summed E-state index contributed by atoms with van der Waals surface area (Å²) < 4.78 is 26.8. The number of aliphatic hydroxyl groups is 1. The van der Waals surface area contributed by atoms with Crippen LogP contribution in [0.1, 0.15) is 32.3 Å². The lowest BCUT2D eigenvalue weighted by atomic mass is 9.87. The van der Waals surface area contributed by atoms with Gasteiger partial charge in [0.1, 0.15) is 0 Å². The highest BCUT2D eigenvalue weighted by Crippen LogP contribution is 2.28. The molecule has 0 unspecified atom stereocenters. The van der Waals surface area contributed by atoms with Crippen LogP contribution in [0.4, 0.5) is 0 Å². The molecule has 1 aliphatic heterocycles. The predicted molar refractivity (Wildman–Crippen MR) is 83.6 cm³/mol. The fraction of sp³-hybridized carbons (Fsp3) is 0.625. The maximum absolute atomic E-state index is 12.6. The Labute approximate surface area is 127 Å². The van der Waals surface area contributed by atoms with Crippen molar-refractivity contribution in [1.29, 1.82) is 0 Å². The molecule has 0 saturated carbocycles. The summed E-state index contributed by atoms with van der Waals surface area (Å²) in [5.41, 5.74) is 0.954.